The van der Waals surface area contributed by atoms with Crippen molar-refractivity contribution < 1.29 is 4.79 Å². The molecule has 0 aromatic carbocycles. The molecule has 0 aliphatic rings. The molecular formula is C9H12N2O. The summed E-state index contributed by atoms with van der Waals surface area (Å²) < 4.78 is 0. The molecule has 12 heavy (non-hydrogen) atoms. The van der Waals surface area contributed by atoms with Crippen LogP contribution in [0.4, 0.5) is 5.82 Å². The summed E-state index contributed by atoms with van der Waals surface area (Å²) in [5.74, 6) is 0.610. The summed E-state index contributed by atoms with van der Waals surface area (Å²) in [4.78, 5) is 14.9. The van der Waals surface area contributed by atoms with Crippen molar-refractivity contribution in [1.82, 2.24) is 4.98 Å². The normalized spacial score (nSPS) is 9.50. The molecule has 1 rings (SSSR count). The van der Waals surface area contributed by atoms with Crippen LogP contribution in [-0.4, -0.2) is 10.9 Å². The van der Waals surface area contributed by atoms with Gasteiger partial charge in [-0.1, -0.05) is 13.0 Å². The highest BCUT2D eigenvalue weighted by Gasteiger charge is 1.97. The van der Waals surface area contributed by atoms with E-state index in [9.17, 15) is 4.79 Å². The molecule has 0 saturated heterocycles. The van der Waals surface area contributed by atoms with Crippen molar-refractivity contribution in [2.24, 2.45) is 0 Å². The van der Waals surface area contributed by atoms with Gasteiger partial charge in [-0.3, -0.25) is 4.79 Å². The van der Waals surface area contributed by atoms with Crippen molar-refractivity contribution in [1.29, 1.82) is 0 Å². The molecule has 0 bridgehead atoms. The number of rotatable bonds is 2. The van der Waals surface area contributed by atoms with Crippen LogP contribution < -0.4 is 5.32 Å². The fourth-order valence-electron chi connectivity index (χ4n) is 0.773. The molecule has 64 valence electrons. The Bertz CT molecular complexity index is 266. The smallest absolute Gasteiger partial charge is 0.225 e. The largest absolute Gasteiger partial charge is 0.311 e. The van der Waals surface area contributed by atoms with Crippen molar-refractivity contribution in [3.05, 3.63) is 23.9 Å². The summed E-state index contributed by atoms with van der Waals surface area (Å²) >= 11 is 0. The molecule has 0 radical (unpaired) electrons. The first-order valence-electron chi connectivity index (χ1n) is 3.95. The second kappa shape index (κ2) is 3.85. The molecule has 0 aliphatic carbocycles. The first kappa shape index (κ1) is 8.71. The van der Waals surface area contributed by atoms with Gasteiger partial charge in [0, 0.05) is 12.6 Å². The minimum atomic E-state index is -0.00801. The number of hydrogen-bond acceptors (Lipinski definition) is 2. The molecule has 0 unspecified atom stereocenters. The molecule has 1 amide bonds. The fraction of sp³-hybridized carbons (Fsp3) is 0.333. The van der Waals surface area contributed by atoms with Crippen LogP contribution in [0.15, 0.2) is 18.3 Å². The van der Waals surface area contributed by atoms with E-state index in [1.165, 1.54) is 0 Å². The minimum absolute atomic E-state index is 0.00801. The number of pyridine rings is 1. The number of anilines is 1. The standard InChI is InChI=1S/C9H12N2O/c1-3-9(12)11-8-5-4-7(2)6-10-8/h4-6H,3H2,1-2H3,(H,10,11,12). The summed E-state index contributed by atoms with van der Waals surface area (Å²) in [5, 5.41) is 2.67. The Labute approximate surface area is 71.8 Å². The minimum Gasteiger partial charge on any atom is -0.311 e. The van der Waals surface area contributed by atoms with E-state index in [1.54, 1.807) is 12.3 Å². The molecule has 1 heterocycles. The second-order valence-corrected chi connectivity index (χ2v) is 2.62. The number of aromatic nitrogens is 1. The van der Waals surface area contributed by atoms with Gasteiger partial charge in [-0.15, -0.1) is 0 Å². The molecule has 3 nitrogen and oxygen atoms in total. The van der Waals surface area contributed by atoms with Crippen LogP contribution in [0.1, 0.15) is 18.9 Å². The monoisotopic (exact) mass is 164 g/mol. The van der Waals surface area contributed by atoms with E-state index in [0.717, 1.165) is 5.56 Å². The molecule has 1 aromatic rings. The lowest BCUT2D eigenvalue weighted by molar-refractivity contribution is -0.115. The Morgan fingerprint density at radius 2 is 2.33 bits per heavy atom. The zero-order valence-electron chi connectivity index (χ0n) is 7.29. The Balaban J connectivity index is 2.64. The Hall–Kier alpha value is -1.38. The van der Waals surface area contributed by atoms with Gasteiger partial charge < -0.3 is 5.32 Å². The van der Waals surface area contributed by atoms with E-state index in [-0.39, 0.29) is 5.91 Å². The second-order valence-electron chi connectivity index (χ2n) is 2.62. The van der Waals surface area contributed by atoms with Gasteiger partial charge in [0.25, 0.3) is 0 Å². The van der Waals surface area contributed by atoms with Crippen LogP contribution in [0.25, 0.3) is 0 Å². The van der Waals surface area contributed by atoms with E-state index in [1.807, 2.05) is 19.9 Å². The van der Waals surface area contributed by atoms with Gasteiger partial charge >= 0.3 is 0 Å². The first-order chi connectivity index (χ1) is 5.72. The number of amides is 1. The number of nitrogens with zero attached hydrogens (tertiary/aromatic N) is 1. The summed E-state index contributed by atoms with van der Waals surface area (Å²) in [6, 6.07) is 3.71. The Morgan fingerprint density at radius 3 is 2.83 bits per heavy atom. The van der Waals surface area contributed by atoms with Crippen LogP contribution >= 0.6 is 0 Å². The third-order valence-corrected chi connectivity index (χ3v) is 1.50. The molecule has 0 fully saturated rings. The molecular weight excluding hydrogens is 152 g/mol. The quantitative estimate of drug-likeness (QED) is 0.723. The van der Waals surface area contributed by atoms with Gasteiger partial charge in [0.15, 0.2) is 0 Å². The molecule has 0 aliphatic heterocycles. The van der Waals surface area contributed by atoms with E-state index in [4.69, 9.17) is 0 Å². The lowest BCUT2D eigenvalue weighted by Crippen LogP contribution is -2.10. The maximum atomic E-state index is 10.9. The highest BCUT2D eigenvalue weighted by atomic mass is 16.1. The number of aryl methyl sites for hydroxylation is 1. The summed E-state index contributed by atoms with van der Waals surface area (Å²) in [5.41, 5.74) is 1.09. The average Bonchev–Trinajstić information content (AvgIpc) is 2.09. The van der Waals surface area contributed by atoms with Gasteiger partial charge in [-0.2, -0.15) is 0 Å². The highest BCUT2D eigenvalue weighted by Crippen LogP contribution is 2.03. The third-order valence-electron chi connectivity index (χ3n) is 1.50. The first-order valence-corrected chi connectivity index (χ1v) is 3.95. The SMILES string of the molecule is CCC(=O)Nc1ccc(C)cn1. The van der Waals surface area contributed by atoms with Gasteiger partial charge in [0.05, 0.1) is 0 Å². The number of carbonyl (C=O) groups is 1. The van der Waals surface area contributed by atoms with Gasteiger partial charge in [0.2, 0.25) is 5.91 Å². The molecule has 1 N–H and O–H groups in total. The van der Waals surface area contributed by atoms with Crippen LogP contribution in [-0.2, 0) is 4.79 Å². The number of hydrogen-bond donors (Lipinski definition) is 1. The van der Waals surface area contributed by atoms with Crippen molar-refractivity contribution >= 4 is 11.7 Å². The predicted octanol–water partition coefficient (Wildman–Crippen LogP) is 1.74. The zero-order valence-corrected chi connectivity index (χ0v) is 7.29. The van der Waals surface area contributed by atoms with Crippen LogP contribution in [0.5, 0.6) is 0 Å². The van der Waals surface area contributed by atoms with Crippen LogP contribution in [0.2, 0.25) is 0 Å². The maximum absolute atomic E-state index is 10.9. The number of nitrogens with one attached hydrogen (secondary N) is 1. The van der Waals surface area contributed by atoms with Crippen molar-refractivity contribution in [3.8, 4) is 0 Å². The van der Waals surface area contributed by atoms with Gasteiger partial charge in [0.1, 0.15) is 5.82 Å². The summed E-state index contributed by atoms with van der Waals surface area (Å²) in [6.07, 6.45) is 2.21. The molecule has 0 atom stereocenters. The predicted molar refractivity (Wildman–Crippen MR) is 47.9 cm³/mol. The summed E-state index contributed by atoms with van der Waals surface area (Å²) in [7, 11) is 0. The van der Waals surface area contributed by atoms with Crippen LogP contribution in [0, 0.1) is 6.92 Å². The average molecular weight is 164 g/mol. The van der Waals surface area contributed by atoms with E-state index < -0.39 is 0 Å². The lowest BCUT2D eigenvalue weighted by atomic mass is 10.3. The van der Waals surface area contributed by atoms with Crippen molar-refractivity contribution in [2.45, 2.75) is 20.3 Å². The molecule has 0 spiro atoms. The molecule has 0 saturated carbocycles. The van der Waals surface area contributed by atoms with Crippen molar-refractivity contribution in [2.75, 3.05) is 5.32 Å². The van der Waals surface area contributed by atoms with E-state index >= 15 is 0 Å². The molecule has 1 aromatic heterocycles. The summed E-state index contributed by atoms with van der Waals surface area (Å²) in [6.45, 7) is 3.77. The maximum Gasteiger partial charge on any atom is 0.225 e. The van der Waals surface area contributed by atoms with Gasteiger partial charge in [-0.05, 0) is 18.6 Å². The Morgan fingerprint density at radius 1 is 1.58 bits per heavy atom. The van der Waals surface area contributed by atoms with E-state index in [0.29, 0.717) is 12.2 Å². The van der Waals surface area contributed by atoms with E-state index in [2.05, 4.69) is 10.3 Å². The lowest BCUT2D eigenvalue weighted by Gasteiger charge is -2.01. The van der Waals surface area contributed by atoms with Gasteiger partial charge in [-0.25, -0.2) is 4.98 Å². The van der Waals surface area contributed by atoms with Crippen molar-refractivity contribution in [3.63, 3.8) is 0 Å². The fourth-order valence-corrected chi connectivity index (χ4v) is 0.773. The Kier molecular flexibility index (Phi) is 2.80. The third kappa shape index (κ3) is 2.34. The highest BCUT2D eigenvalue weighted by molar-refractivity contribution is 5.89. The zero-order chi connectivity index (χ0) is 8.97. The number of carbonyl (C=O) groups excluding carboxylic acids is 1. The van der Waals surface area contributed by atoms with Crippen LogP contribution in [0.3, 0.4) is 0 Å². The molecule has 3 heteroatoms. The topological polar surface area (TPSA) is 42.0 Å².